The van der Waals surface area contributed by atoms with Crippen LogP contribution in [-0.2, 0) is 28.5 Å². The minimum absolute atomic E-state index is 0.0125. The third-order valence-corrected chi connectivity index (χ3v) is 8.60. The molecule has 10 heteroatoms. The summed E-state index contributed by atoms with van der Waals surface area (Å²) in [5.41, 5.74) is 1.40. The summed E-state index contributed by atoms with van der Waals surface area (Å²) >= 11 is 0. The Morgan fingerprint density at radius 1 is 1.00 bits per heavy atom. The minimum Gasteiger partial charge on any atom is -0.459 e. The highest BCUT2D eigenvalue weighted by Gasteiger charge is 2.51. The second-order valence-corrected chi connectivity index (χ2v) is 11.1. The molecule has 3 aliphatic heterocycles. The molecular formula is C33H43N3O7. The lowest BCUT2D eigenvalue weighted by atomic mass is 9.81. The zero-order chi connectivity index (χ0) is 30.1. The molecule has 0 bridgehead atoms. The zero-order valence-electron chi connectivity index (χ0n) is 24.9. The number of carbonyl (C=O) groups excluding carboxylic acids is 2. The summed E-state index contributed by atoms with van der Waals surface area (Å²) in [6.07, 6.45) is 3.06. The van der Waals surface area contributed by atoms with E-state index in [2.05, 4.69) is 22.3 Å². The predicted molar refractivity (Wildman–Crippen MR) is 161 cm³/mol. The quantitative estimate of drug-likeness (QED) is 0.341. The van der Waals surface area contributed by atoms with Gasteiger partial charge in [-0.1, -0.05) is 48.5 Å². The molecule has 3 heterocycles. The number of allylic oxidation sites excluding steroid dienone is 1. The fourth-order valence-corrected chi connectivity index (χ4v) is 6.36. The lowest BCUT2D eigenvalue weighted by Crippen LogP contribution is -2.57. The van der Waals surface area contributed by atoms with Crippen LogP contribution >= 0.6 is 0 Å². The summed E-state index contributed by atoms with van der Waals surface area (Å²) in [5, 5.41) is 11.9. The van der Waals surface area contributed by atoms with Gasteiger partial charge in [-0.15, -0.1) is 0 Å². The van der Waals surface area contributed by atoms with Gasteiger partial charge < -0.3 is 39.2 Å². The number of piperidine rings is 1. The number of carbonyl (C=O) groups is 2. The molecule has 2 fully saturated rings. The van der Waals surface area contributed by atoms with Crippen LogP contribution < -0.4 is 10.2 Å². The summed E-state index contributed by atoms with van der Waals surface area (Å²) < 4.78 is 23.5. The number of aliphatic hydroxyl groups excluding tert-OH is 1. The van der Waals surface area contributed by atoms with Crippen molar-refractivity contribution in [1.82, 2.24) is 10.2 Å². The lowest BCUT2D eigenvalue weighted by Gasteiger charge is -2.44. The molecule has 232 valence electrons. The average Bonchev–Trinajstić information content (AvgIpc) is 3.36. The highest BCUT2D eigenvalue weighted by atomic mass is 16.7. The van der Waals surface area contributed by atoms with E-state index >= 15 is 0 Å². The maximum Gasteiger partial charge on any atom is 0.288 e. The minimum atomic E-state index is -0.672. The van der Waals surface area contributed by atoms with E-state index in [4.69, 9.17) is 24.1 Å². The van der Waals surface area contributed by atoms with Crippen LogP contribution in [0, 0.1) is 5.92 Å². The van der Waals surface area contributed by atoms with E-state index in [-0.39, 0.29) is 36.0 Å². The van der Waals surface area contributed by atoms with Crippen molar-refractivity contribution < 1.29 is 33.6 Å². The van der Waals surface area contributed by atoms with Gasteiger partial charge >= 0.3 is 0 Å². The van der Waals surface area contributed by atoms with Crippen molar-refractivity contribution in [2.24, 2.45) is 5.92 Å². The molecule has 0 radical (unpaired) electrons. The Morgan fingerprint density at radius 2 is 1.67 bits per heavy atom. The standard InChI is InChI=1S/C33H43N3O7/c1-2-42-31-27(13-19-40-21-22-41-20-18-37)28(25-9-5-3-6-10-25)23-29(43-31)30(38)35-16-14-33(15-17-35)32(39)34-24-36(33)26-11-7-4-8-12-26/h3-12,23,27-28,31,37H,2,13-22,24H2,1H3,(H,34,39)/t27-,28-,31-/m0/s1. The molecule has 2 amide bonds. The van der Waals surface area contributed by atoms with Crippen molar-refractivity contribution in [3.63, 3.8) is 0 Å². The van der Waals surface area contributed by atoms with Gasteiger partial charge in [0, 0.05) is 43.8 Å². The Kier molecular flexibility index (Phi) is 10.7. The first-order chi connectivity index (χ1) is 21.1. The van der Waals surface area contributed by atoms with Gasteiger partial charge in [-0.05, 0) is 50.0 Å². The van der Waals surface area contributed by atoms with E-state index < -0.39 is 11.8 Å². The molecule has 2 N–H and O–H groups in total. The Balaban J connectivity index is 1.30. The van der Waals surface area contributed by atoms with E-state index in [1.54, 1.807) is 4.90 Å². The van der Waals surface area contributed by atoms with E-state index in [0.717, 1.165) is 11.3 Å². The highest BCUT2D eigenvalue weighted by Crippen LogP contribution is 2.40. The first kappa shape index (κ1) is 31.0. The second kappa shape index (κ2) is 14.8. The summed E-state index contributed by atoms with van der Waals surface area (Å²) in [7, 11) is 0. The third-order valence-electron chi connectivity index (χ3n) is 8.60. The third kappa shape index (κ3) is 7.04. The predicted octanol–water partition coefficient (Wildman–Crippen LogP) is 3.03. The van der Waals surface area contributed by atoms with Crippen LogP contribution in [0.4, 0.5) is 5.69 Å². The molecule has 0 unspecified atom stereocenters. The number of hydrogen-bond acceptors (Lipinski definition) is 8. The van der Waals surface area contributed by atoms with E-state index in [0.29, 0.717) is 72.1 Å². The van der Waals surface area contributed by atoms with Gasteiger partial charge in [0.1, 0.15) is 5.54 Å². The van der Waals surface area contributed by atoms with Gasteiger partial charge in [0.05, 0.1) is 33.1 Å². The van der Waals surface area contributed by atoms with Crippen LogP contribution in [-0.4, -0.2) is 93.0 Å². The molecule has 1 spiro atoms. The number of benzene rings is 2. The van der Waals surface area contributed by atoms with Crippen LogP contribution in [0.3, 0.4) is 0 Å². The first-order valence-corrected chi connectivity index (χ1v) is 15.3. The number of aliphatic hydroxyl groups is 1. The number of nitrogens with zero attached hydrogens (tertiary/aromatic N) is 2. The average molecular weight is 594 g/mol. The van der Waals surface area contributed by atoms with Crippen molar-refractivity contribution in [3.05, 3.63) is 78.1 Å². The number of hydrogen-bond donors (Lipinski definition) is 2. The normalized spacial score (nSPS) is 23.2. The number of amides is 2. The van der Waals surface area contributed by atoms with Crippen molar-refractivity contribution >= 4 is 17.5 Å². The molecule has 0 saturated carbocycles. The van der Waals surface area contributed by atoms with Gasteiger partial charge in [0.25, 0.3) is 5.91 Å². The monoisotopic (exact) mass is 593 g/mol. The van der Waals surface area contributed by atoms with Crippen molar-refractivity contribution in [3.8, 4) is 0 Å². The summed E-state index contributed by atoms with van der Waals surface area (Å²) in [6, 6.07) is 20.1. The summed E-state index contributed by atoms with van der Waals surface area (Å²) in [6.45, 7) is 5.32. The van der Waals surface area contributed by atoms with Gasteiger partial charge in [-0.3, -0.25) is 9.59 Å². The number of likely N-dealkylation sites (tertiary alicyclic amines) is 1. The van der Waals surface area contributed by atoms with Crippen molar-refractivity contribution in [2.75, 3.05) is 64.3 Å². The second-order valence-electron chi connectivity index (χ2n) is 11.1. The number of rotatable bonds is 13. The number of nitrogens with one attached hydrogen (secondary N) is 1. The molecule has 43 heavy (non-hydrogen) atoms. The van der Waals surface area contributed by atoms with Gasteiger partial charge in [0.15, 0.2) is 5.76 Å². The maximum atomic E-state index is 13.9. The van der Waals surface area contributed by atoms with Gasteiger partial charge in [-0.25, -0.2) is 0 Å². The van der Waals surface area contributed by atoms with Crippen LogP contribution in [0.5, 0.6) is 0 Å². The largest absolute Gasteiger partial charge is 0.459 e. The van der Waals surface area contributed by atoms with E-state index in [1.165, 1.54) is 0 Å². The molecule has 0 aromatic heterocycles. The highest BCUT2D eigenvalue weighted by molar-refractivity contribution is 5.95. The van der Waals surface area contributed by atoms with Crippen molar-refractivity contribution in [1.29, 1.82) is 0 Å². The molecule has 2 aromatic rings. The molecule has 10 nitrogen and oxygen atoms in total. The Morgan fingerprint density at radius 3 is 2.35 bits per heavy atom. The Labute approximate surface area is 253 Å². The fraction of sp³-hybridized carbons (Fsp3) is 0.515. The molecular weight excluding hydrogens is 550 g/mol. The SMILES string of the molecule is CCO[C@H]1OC(C(=O)N2CCC3(CC2)C(=O)NCN3c2ccccc2)=C[C@@H](c2ccccc2)[C@@H]1CCOCCOCCO. The first-order valence-electron chi connectivity index (χ1n) is 15.3. The van der Waals surface area contributed by atoms with Crippen molar-refractivity contribution in [2.45, 2.75) is 43.9 Å². The van der Waals surface area contributed by atoms with Gasteiger partial charge in [-0.2, -0.15) is 0 Å². The molecule has 2 saturated heterocycles. The topological polar surface area (TPSA) is 110 Å². The Hall–Kier alpha value is -3.44. The van der Waals surface area contributed by atoms with Crippen LogP contribution in [0.1, 0.15) is 37.7 Å². The van der Waals surface area contributed by atoms with E-state index in [9.17, 15) is 9.59 Å². The molecule has 3 atom stereocenters. The van der Waals surface area contributed by atoms with Crippen LogP contribution in [0.25, 0.3) is 0 Å². The summed E-state index contributed by atoms with van der Waals surface area (Å²) in [4.78, 5) is 30.9. The number of anilines is 1. The molecule has 2 aromatic carbocycles. The van der Waals surface area contributed by atoms with E-state index in [1.807, 2.05) is 61.5 Å². The summed E-state index contributed by atoms with van der Waals surface area (Å²) in [5.74, 6) is -0.0508. The van der Waals surface area contributed by atoms with Crippen LogP contribution in [0.15, 0.2) is 72.5 Å². The zero-order valence-corrected chi connectivity index (χ0v) is 24.9. The molecule has 3 aliphatic rings. The fourth-order valence-electron chi connectivity index (χ4n) is 6.36. The van der Waals surface area contributed by atoms with Gasteiger partial charge in [0.2, 0.25) is 12.2 Å². The molecule has 0 aliphatic carbocycles. The maximum absolute atomic E-state index is 13.9. The smallest absolute Gasteiger partial charge is 0.288 e. The molecule has 5 rings (SSSR count). The Bertz CT molecular complexity index is 1220. The number of para-hydroxylation sites is 1. The van der Waals surface area contributed by atoms with Crippen LogP contribution in [0.2, 0.25) is 0 Å². The lowest BCUT2D eigenvalue weighted by molar-refractivity contribution is -0.172. The number of ether oxygens (including phenoxy) is 4.